The van der Waals surface area contributed by atoms with Crippen LogP contribution in [0.3, 0.4) is 0 Å². The van der Waals surface area contributed by atoms with E-state index in [1.54, 1.807) is 18.2 Å². The predicted octanol–water partition coefficient (Wildman–Crippen LogP) is 5.33. The van der Waals surface area contributed by atoms with Crippen molar-refractivity contribution in [1.29, 1.82) is 0 Å². The van der Waals surface area contributed by atoms with Crippen LogP contribution in [0.5, 0.6) is 0 Å². The summed E-state index contributed by atoms with van der Waals surface area (Å²) < 4.78 is 28.7. The molecule has 0 amide bonds. The molecule has 1 aromatic heterocycles. The van der Waals surface area contributed by atoms with Crippen molar-refractivity contribution in [1.82, 2.24) is 19.8 Å². The average Bonchev–Trinajstić information content (AvgIpc) is 3.27. The van der Waals surface area contributed by atoms with E-state index in [2.05, 4.69) is 51.5 Å². The molecule has 0 bridgehead atoms. The molecule has 1 aromatic carbocycles. The molecule has 1 saturated heterocycles. The molecule has 0 aliphatic carbocycles. The van der Waals surface area contributed by atoms with Gasteiger partial charge in [-0.1, -0.05) is 26.3 Å². The number of imidazole rings is 1. The summed E-state index contributed by atoms with van der Waals surface area (Å²) >= 11 is 0. The van der Waals surface area contributed by atoms with Crippen molar-refractivity contribution in [2.24, 2.45) is 9.98 Å². The highest BCUT2D eigenvalue weighted by Gasteiger charge is 2.30. The molecule has 2 aliphatic rings. The van der Waals surface area contributed by atoms with Gasteiger partial charge in [-0.25, -0.2) is 19.4 Å². The number of aryl methyl sites for hydroxylation is 1. The fourth-order valence-corrected chi connectivity index (χ4v) is 4.85. The Morgan fingerprint density at radius 2 is 2.00 bits per heavy atom. The number of nitrogens with one attached hydrogen (secondary N) is 1. The molecule has 8 nitrogen and oxygen atoms in total. The molecule has 1 N–H and O–H groups in total. The van der Waals surface area contributed by atoms with Crippen LogP contribution in [-0.4, -0.2) is 58.5 Å². The summed E-state index contributed by atoms with van der Waals surface area (Å²) in [4.78, 5) is 15.6. The maximum atomic E-state index is 15.1. The highest BCUT2D eigenvalue weighted by Crippen LogP contribution is 2.27. The van der Waals surface area contributed by atoms with Gasteiger partial charge in [0, 0.05) is 36.1 Å². The lowest BCUT2D eigenvalue weighted by Gasteiger charge is -2.41. The van der Waals surface area contributed by atoms with E-state index in [1.807, 2.05) is 37.5 Å². The first kappa shape index (κ1) is 27.8. The Morgan fingerprint density at radius 1 is 1.21 bits per heavy atom. The molecule has 2 aromatic rings. The number of nitrogens with zero attached hydrogens (tertiary/aromatic N) is 5. The molecule has 0 radical (unpaired) electrons. The van der Waals surface area contributed by atoms with Gasteiger partial charge < -0.3 is 24.3 Å². The molecule has 0 saturated carbocycles. The van der Waals surface area contributed by atoms with E-state index in [1.165, 1.54) is 12.3 Å². The van der Waals surface area contributed by atoms with Crippen LogP contribution < -0.4 is 5.32 Å². The standard InChI is InChI=1S/C30H35FN6O2/c1-8-22(16-28-26(10-3)36-12-13-38-17-23(36)18-39-28)34-30(32-11-4)35-25(9-2)21-14-24(31)29-27(15-21)37(19(5)6)20(7)33-29/h8-11,14-16,19,23H,1-4,12-13,17-18H2,5-7H3,(H,32,34)/b22-16+,35-25?. The van der Waals surface area contributed by atoms with E-state index in [9.17, 15) is 0 Å². The van der Waals surface area contributed by atoms with Crippen molar-refractivity contribution >= 4 is 22.7 Å². The summed E-state index contributed by atoms with van der Waals surface area (Å²) in [6.45, 7) is 24.0. The quantitative estimate of drug-likeness (QED) is 0.284. The zero-order valence-electron chi connectivity index (χ0n) is 22.8. The van der Waals surface area contributed by atoms with Crippen molar-refractivity contribution in [3.8, 4) is 0 Å². The average molecular weight is 531 g/mol. The summed E-state index contributed by atoms with van der Waals surface area (Å²) in [5.74, 6) is 1.19. The molecule has 1 unspecified atom stereocenters. The van der Waals surface area contributed by atoms with Crippen molar-refractivity contribution in [2.45, 2.75) is 32.9 Å². The fraction of sp³-hybridized carbons (Fsp3) is 0.300. The summed E-state index contributed by atoms with van der Waals surface area (Å²) in [5.41, 5.74) is 3.47. The van der Waals surface area contributed by atoms with Crippen molar-refractivity contribution < 1.29 is 13.9 Å². The van der Waals surface area contributed by atoms with Crippen LogP contribution in [-0.2, 0) is 9.47 Å². The Morgan fingerprint density at radius 3 is 2.67 bits per heavy atom. The minimum absolute atomic E-state index is 0.109. The first-order chi connectivity index (χ1) is 18.8. The minimum atomic E-state index is -0.429. The van der Waals surface area contributed by atoms with Gasteiger partial charge in [0.2, 0.25) is 5.96 Å². The fourth-order valence-electron chi connectivity index (χ4n) is 4.85. The van der Waals surface area contributed by atoms with E-state index < -0.39 is 5.82 Å². The minimum Gasteiger partial charge on any atom is -0.489 e. The molecular weight excluding hydrogens is 495 g/mol. The number of halogens is 1. The van der Waals surface area contributed by atoms with Crippen molar-refractivity contribution in [3.05, 3.63) is 103 Å². The molecule has 1 atom stereocenters. The molecule has 2 aliphatic heterocycles. The lowest BCUT2D eigenvalue weighted by Crippen LogP contribution is -2.49. The number of aromatic nitrogens is 2. The number of guanidine groups is 1. The second kappa shape index (κ2) is 12.1. The van der Waals surface area contributed by atoms with Crippen molar-refractivity contribution in [2.75, 3.05) is 26.4 Å². The maximum absolute atomic E-state index is 15.1. The summed E-state index contributed by atoms with van der Waals surface area (Å²) in [7, 11) is 0. The topological polar surface area (TPSA) is 76.3 Å². The molecule has 9 heteroatoms. The van der Waals surface area contributed by atoms with Gasteiger partial charge in [-0.2, -0.15) is 0 Å². The van der Waals surface area contributed by atoms with Crippen LogP contribution in [0.1, 0.15) is 31.3 Å². The summed E-state index contributed by atoms with van der Waals surface area (Å²) in [6.07, 6.45) is 8.18. The van der Waals surface area contributed by atoms with Crippen LogP contribution in [0, 0.1) is 12.7 Å². The van der Waals surface area contributed by atoms with Crippen LogP contribution in [0.4, 0.5) is 4.39 Å². The molecule has 4 rings (SSSR count). The van der Waals surface area contributed by atoms with Crippen LogP contribution in [0.15, 0.2) is 96.1 Å². The third-order valence-corrected chi connectivity index (χ3v) is 6.55. The molecular formula is C30H35FN6O2. The Balaban J connectivity index is 1.70. The van der Waals surface area contributed by atoms with Gasteiger partial charge >= 0.3 is 0 Å². The maximum Gasteiger partial charge on any atom is 0.227 e. The van der Waals surface area contributed by atoms with E-state index in [0.717, 1.165) is 18.1 Å². The van der Waals surface area contributed by atoms with Gasteiger partial charge in [-0.3, -0.25) is 0 Å². The number of fused-ring (bicyclic) bond motifs is 2. The summed E-state index contributed by atoms with van der Waals surface area (Å²) in [5, 5.41) is 3.17. The van der Waals surface area contributed by atoms with Gasteiger partial charge in [-0.15, -0.1) is 0 Å². The second-order valence-electron chi connectivity index (χ2n) is 9.40. The zero-order chi connectivity index (χ0) is 28.1. The van der Waals surface area contributed by atoms with Crippen LogP contribution in [0.2, 0.25) is 0 Å². The molecule has 0 spiro atoms. The number of allylic oxidation sites excluding steroid dienone is 4. The molecule has 204 valence electrons. The first-order valence-corrected chi connectivity index (χ1v) is 12.8. The number of morpholine rings is 1. The van der Waals surface area contributed by atoms with Gasteiger partial charge in [0.15, 0.2) is 5.82 Å². The molecule has 39 heavy (non-hydrogen) atoms. The molecule has 1 fully saturated rings. The van der Waals surface area contributed by atoms with Gasteiger partial charge in [0.05, 0.1) is 36.2 Å². The van der Waals surface area contributed by atoms with Crippen LogP contribution in [0.25, 0.3) is 11.0 Å². The number of benzene rings is 1. The molecule has 3 heterocycles. The Bertz CT molecular complexity index is 1430. The monoisotopic (exact) mass is 530 g/mol. The lowest BCUT2D eigenvalue weighted by molar-refractivity contribution is -0.0319. The highest BCUT2D eigenvalue weighted by atomic mass is 19.1. The number of hydrogen-bond donors (Lipinski definition) is 1. The highest BCUT2D eigenvalue weighted by molar-refractivity contribution is 6.14. The van der Waals surface area contributed by atoms with E-state index in [4.69, 9.17) is 9.47 Å². The third kappa shape index (κ3) is 5.78. The lowest BCUT2D eigenvalue weighted by atomic mass is 10.1. The smallest absolute Gasteiger partial charge is 0.227 e. The van der Waals surface area contributed by atoms with Crippen molar-refractivity contribution in [3.63, 3.8) is 0 Å². The number of aliphatic imine (C=N–C) groups is 2. The van der Waals surface area contributed by atoms with E-state index in [0.29, 0.717) is 53.6 Å². The van der Waals surface area contributed by atoms with E-state index >= 15 is 4.39 Å². The van der Waals surface area contributed by atoms with Gasteiger partial charge in [0.25, 0.3) is 0 Å². The zero-order valence-corrected chi connectivity index (χ0v) is 22.8. The Kier molecular flexibility index (Phi) is 8.61. The van der Waals surface area contributed by atoms with Gasteiger partial charge in [-0.05, 0) is 51.1 Å². The largest absolute Gasteiger partial charge is 0.489 e. The first-order valence-electron chi connectivity index (χ1n) is 12.8. The second-order valence-corrected chi connectivity index (χ2v) is 9.40. The predicted molar refractivity (Wildman–Crippen MR) is 155 cm³/mol. The Hall–Kier alpha value is -4.24. The number of ether oxygens (including phenoxy) is 2. The normalized spacial score (nSPS) is 18.6. The number of rotatable bonds is 8. The van der Waals surface area contributed by atoms with Gasteiger partial charge in [0.1, 0.15) is 23.7 Å². The van der Waals surface area contributed by atoms with Crippen LogP contribution >= 0.6 is 0 Å². The van der Waals surface area contributed by atoms with E-state index in [-0.39, 0.29) is 18.0 Å². The number of hydrogen-bond acceptors (Lipinski definition) is 5. The summed E-state index contributed by atoms with van der Waals surface area (Å²) in [6, 6.07) is 3.53. The Labute approximate surface area is 228 Å². The third-order valence-electron chi connectivity index (χ3n) is 6.55. The SMILES string of the molecule is C=CN=C(N=C(C=C)c1cc(F)c2nc(C)n(C(C)C)c2c1)N/C(C=C)=C/C1=C(C=C)N2CCOCC2CO1.